The van der Waals surface area contributed by atoms with Crippen LogP contribution in [-0.4, -0.2) is 64.8 Å². The van der Waals surface area contributed by atoms with Crippen LogP contribution in [0.4, 0.5) is 0 Å². The number of phosphoric ester groups is 1. The number of aliphatic hydroxyl groups is 1. The van der Waals surface area contributed by atoms with Crippen molar-refractivity contribution in [3.63, 3.8) is 0 Å². The molecule has 19 heavy (non-hydrogen) atoms. The van der Waals surface area contributed by atoms with Gasteiger partial charge >= 0.3 is 13.8 Å². The van der Waals surface area contributed by atoms with E-state index < -0.39 is 19.9 Å². The first-order chi connectivity index (χ1) is 8.79. The number of likely N-dealkylation sites (N-methyl/N-ethyl adjacent to an activating group) is 1. The molecule has 0 heterocycles. The van der Waals surface area contributed by atoms with E-state index >= 15 is 0 Å². The van der Waals surface area contributed by atoms with Crippen LogP contribution < -0.4 is 4.90 Å². The van der Waals surface area contributed by atoms with Gasteiger partial charge in [0.25, 0.3) is 0 Å². The van der Waals surface area contributed by atoms with Gasteiger partial charge in [0.1, 0.15) is 25.9 Å². The van der Waals surface area contributed by atoms with Gasteiger partial charge in [-0.2, -0.15) is 0 Å². The van der Waals surface area contributed by atoms with Crippen molar-refractivity contribution in [3.8, 4) is 0 Å². The number of carbonyl (C=O) groups excluding carboxylic acids is 1. The van der Waals surface area contributed by atoms with Gasteiger partial charge in [0, 0.05) is 14.0 Å². The second kappa shape index (κ2) is 9.41. The lowest BCUT2D eigenvalue weighted by molar-refractivity contribution is -0.858. The number of hydrogen-bond acceptors (Lipinski definition) is 7. The molecule has 8 nitrogen and oxygen atoms in total. The van der Waals surface area contributed by atoms with Crippen molar-refractivity contribution < 1.29 is 37.7 Å². The number of rotatable bonds is 10. The second-order valence-corrected chi connectivity index (χ2v) is 5.95. The van der Waals surface area contributed by atoms with Crippen LogP contribution in [0.1, 0.15) is 6.92 Å². The smallest absolute Gasteiger partial charge is 0.463 e. The summed E-state index contributed by atoms with van der Waals surface area (Å²) >= 11 is 0. The van der Waals surface area contributed by atoms with Crippen molar-refractivity contribution in [1.29, 1.82) is 0 Å². The Morgan fingerprint density at radius 3 is 2.42 bits per heavy atom. The summed E-state index contributed by atoms with van der Waals surface area (Å²) in [6, 6.07) is 0. The Balaban J connectivity index is 4.02. The maximum atomic E-state index is 11.9. The lowest BCUT2D eigenvalue weighted by Crippen LogP contribution is -3.06. The number of carbonyl (C=O) groups is 1. The highest BCUT2D eigenvalue weighted by Crippen LogP contribution is 2.48. The molecule has 2 unspecified atom stereocenters. The van der Waals surface area contributed by atoms with E-state index in [9.17, 15) is 14.5 Å². The van der Waals surface area contributed by atoms with Crippen LogP contribution in [0.15, 0.2) is 0 Å². The summed E-state index contributed by atoms with van der Waals surface area (Å²) in [5.41, 5.74) is 0. The standard InChI is InChI=1S/C10H22NO7P/c1-9(12)16-7-10(13)8-18-19(14,15-4)17-6-5-11(2)3/h10,13H,5-8H2,1-4H3/p+1. The molecule has 0 saturated heterocycles. The fourth-order valence-corrected chi connectivity index (χ4v) is 1.90. The quantitative estimate of drug-likeness (QED) is 0.388. The minimum atomic E-state index is -3.67. The minimum absolute atomic E-state index is 0.202. The number of phosphoric acid groups is 1. The van der Waals surface area contributed by atoms with Crippen LogP contribution in [0, 0.1) is 0 Å². The van der Waals surface area contributed by atoms with Crippen LogP contribution in [0.25, 0.3) is 0 Å². The Labute approximate surface area is 113 Å². The van der Waals surface area contributed by atoms with E-state index in [0.717, 1.165) is 4.90 Å². The van der Waals surface area contributed by atoms with E-state index in [0.29, 0.717) is 6.54 Å². The van der Waals surface area contributed by atoms with Crippen molar-refractivity contribution >= 4 is 13.8 Å². The molecular formula is C10H23NO7P+. The van der Waals surface area contributed by atoms with E-state index in [2.05, 4.69) is 9.26 Å². The normalized spacial score (nSPS) is 16.1. The molecule has 0 radical (unpaired) electrons. The zero-order valence-corrected chi connectivity index (χ0v) is 12.6. The number of aliphatic hydroxyl groups excluding tert-OH is 1. The van der Waals surface area contributed by atoms with Gasteiger partial charge in [0.05, 0.1) is 20.7 Å². The lowest BCUT2D eigenvalue weighted by atomic mass is 10.4. The highest BCUT2D eigenvalue weighted by Gasteiger charge is 2.26. The summed E-state index contributed by atoms with van der Waals surface area (Å²) < 4.78 is 31.1. The molecule has 114 valence electrons. The van der Waals surface area contributed by atoms with Gasteiger partial charge < -0.3 is 14.7 Å². The van der Waals surface area contributed by atoms with Crippen LogP contribution in [0.5, 0.6) is 0 Å². The molecule has 0 bridgehead atoms. The largest absolute Gasteiger partial charge is 0.474 e. The summed E-state index contributed by atoms with van der Waals surface area (Å²) in [5, 5.41) is 9.43. The Morgan fingerprint density at radius 2 is 1.95 bits per heavy atom. The molecule has 9 heteroatoms. The molecule has 0 aliphatic heterocycles. The molecule has 0 aliphatic rings. The van der Waals surface area contributed by atoms with E-state index in [4.69, 9.17) is 9.05 Å². The Hall–Kier alpha value is -0.500. The van der Waals surface area contributed by atoms with Gasteiger partial charge in [-0.25, -0.2) is 4.57 Å². The molecule has 0 aliphatic carbocycles. The van der Waals surface area contributed by atoms with Crippen molar-refractivity contribution in [2.24, 2.45) is 0 Å². The minimum Gasteiger partial charge on any atom is -0.463 e. The van der Waals surface area contributed by atoms with E-state index in [1.165, 1.54) is 14.0 Å². The molecular weight excluding hydrogens is 277 g/mol. The predicted molar refractivity (Wildman–Crippen MR) is 66.8 cm³/mol. The molecule has 2 atom stereocenters. The van der Waals surface area contributed by atoms with Gasteiger partial charge in [-0.3, -0.25) is 18.4 Å². The third kappa shape index (κ3) is 10.0. The van der Waals surface area contributed by atoms with Crippen molar-refractivity contribution in [2.45, 2.75) is 13.0 Å². The number of esters is 1. The second-order valence-electron chi connectivity index (χ2n) is 4.17. The molecule has 0 spiro atoms. The topological polar surface area (TPSA) is 95.7 Å². The Morgan fingerprint density at radius 1 is 1.32 bits per heavy atom. The average molecular weight is 300 g/mol. The highest BCUT2D eigenvalue weighted by molar-refractivity contribution is 7.48. The molecule has 0 aromatic heterocycles. The number of ether oxygens (including phenoxy) is 1. The number of hydrogen-bond donors (Lipinski definition) is 2. The Kier molecular flexibility index (Phi) is 9.16. The van der Waals surface area contributed by atoms with Crippen LogP contribution >= 0.6 is 7.82 Å². The van der Waals surface area contributed by atoms with Gasteiger partial charge in [-0.15, -0.1) is 0 Å². The first kappa shape index (κ1) is 18.5. The SMILES string of the molecule is COP(=O)(OCC[NH+](C)C)OCC(O)COC(C)=O. The first-order valence-electron chi connectivity index (χ1n) is 5.84. The van der Waals surface area contributed by atoms with Gasteiger partial charge in [0.15, 0.2) is 0 Å². The third-order valence-corrected chi connectivity index (χ3v) is 3.39. The van der Waals surface area contributed by atoms with Crippen molar-refractivity contribution in [3.05, 3.63) is 0 Å². The zero-order chi connectivity index (χ0) is 14.9. The molecule has 0 rings (SSSR count). The third-order valence-electron chi connectivity index (χ3n) is 1.98. The summed E-state index contributed by atoms with van der Waals surface area (Å²) in [4.78, 5) is 11.7. The first-order valence-corrected chi connectivity index (χ1v) is 7.30. The predicted octanol–water partition coefficient (Wildman–Crippen LogP) is -1.16. The van der Waals surface area contributed by atoms with E-state index in [1.807, 2.05) is 14.1 Å². The highest BCUT2D eigenvalue weighted by atomic mass is 31.2. The van der Waals surface area contributed by atoms with Gasteiger partial charge in [0.2, 0.25) is 0 Å². The fourth-order valence-electron chi connectivity index (χ4n) is 0.943. The van der Waals surface area contributed by atoms with Crippen molar-refractivity contribution in [2.75, 3.05) is 47.6 Å². The molecule has 0 aromatic carbocycles. The van der Waals surface area contributed by atoms with E-state index in [-0.39, 0.29) is 19.8 Å². The number of nitrogens with one attached hydrogen (secondary N) is 1. The molecule has 0 fully saturated rings. The lowest BCUT2D eigenvalue weighted by Gasteiger charge is -2.18. The zero-order valence-electron chi connectivity index (χ0n) is 11.7. The van der Waals surface area contributed by atoms with Crippen LogP contribution in [0.2, 0.25) is 0 Å². The average Bonchev–Trinajstić information content (AvgIpc) is 2.33. The summed E-state index contributed by atoms with van der Waals surface area (Å²) in [6.45, 7) is 1.51. The molecule has 0 saturated carbocycles. The van der Waals surface area contributed by atoms with Crippen LogP contribution in [0.3, 0.4) is 0 Å². The van der Waals surface area contributed by atoms with Crippen molar-refractivity contribution in [1.82, 2.24) is 0 Å². The van der Waals surface area contributed by atoms with Gasteiger partial charge in [-0.1, -0.05) is 0 Å². The monoisotopic (exact) mass is 300 g/mol. The summed E-state index contributed by atoms with van der Waals surface area (Å²) in [6.07, 6.45) is -1.09. The summed E-state index contributed by atoms with van der Waals surface area (Å²) in [7, 11) is 1.37. The maximum absolute atomic E-state index is 11.9. The van der Waals surface area contributed by atoms with Crippen LogP contribution in [-0.2, 0) is 27.7 Å². The number of quaternary nitrogens is 1. The van der Waals surface area contributed by atoms with E-state index in [1.54, 1.807) is 0 Å². The molecule has 2 N–H and O–H groups in total. The molecule has 0 amide bonds. The summed E-state index contributed by atoms with van der Waals surface area (Å²) in [5.74, 6) is -0.515. The fraction of sp³-hybridized carbons (Fsp3) is 0.900. The molecule has 0 aromatic rings. The Bertz CT molecular complexity index is 310. The maximum Gasteiger partial charge on any atom is 0.474 e. The van der Waals surface area contributed by atoms with Gasteiger partial charge in [-0.05, 0) is 0 Å².